The van der Waals surface area contributed by atoms with E-state index in [-0.39, 0.29) is 17.4 Å². The summed E-state index contributed by atoms with van der Waals surface area (Å²) >= 11 is 6.64. The molecule has 0 bridgehead atoms. The molecule has 1 heterocycles. The molecule has 2 rings (SSSR count). The van der Waals surface area contributed by atoms with Crippen molar-refractivity contribution in [3.63, 3.8) is 0 Å². The quantitative estimate of drug-likeness (QED) is 0.814. The molecule has 104 valence electrons. The van der Waals surface area contributed by atoms with Gasteiger partial charge < -0.3 is 5.32 Å². The zero-order valence-corrected chi connectivity index (χ0v) is 14.2. The predicted octanol–water partition coefficient (Wildman–Crippen LogP) is 2.52. The maximum Gasteiger partial charge on any atom is 0.251 e. The molecule has 1 aliphatic rings. The van der Waals surface area contributed by atoms with Crippen molar-refractivity contribution in [3.8, 4) is 0 Å². The van der Waals surface area contributed by atoms with Crippen LogP contribution in [-0.2, 0) is 9.84 Å². The van der Waals surface area contributed by atoms with Gasteiger partial charge in [-0.3, -0.25) is 4.79 Å². The third kappa shape index (κ3) is 3.79. The number of halogens is 2. The first kappa shape index (κ1) is 15.0. The lowest BCUT2D eigenvalue weighted by Crippen LogP contribution is -2.46. The van der Waals surface area contributed by atoms with E-state index in [0.717, 1.165) is 8.95 Å². The van der Waals surface area contributed by atoms with Crippen LogP contribution in [0.3, 0.4) is 0 Å². The second-order valence-electron chi connectivity index (χ2n) is 5.01. The van der Waals surface area contributed by atoms with Crippen molar-refractivity contribution in [2.24, 2.45) is 0 Å². The Morgan fingerprint density at radius 2 is 1.84 bits per heavy atom. The van der Waals surface area contributed by atoms with Gasteiger partial charge in [0.15, 0.2) is 9.84 Å². The second-order valence-corrected chi connectivity index (χ2v) is 9.03. The van der Waals surface area contributed by atoms with Gasteiger partial charge >= 0.3 is 0 Å². The van der Waals surface area contributed by atoms with Gasteiger partial charge in [0.1, 0.15) is 0 Å². The number of carbonyl (C=O) groups is 1. The smallest absolute Gasteiger partial charge is 0.251 e. The topological polar surface area (TPSA) is 63.2 Å². The molecule has 0 radical (unpaired) electrons. The van der Waals surface area contributed by atoms with E-state index in [0.29, 0.717) is 12.0 Å². The molecule has 4 nitrogen and oxygen atoms in total. The Labute approximate surface area is 129 Å². The van der Waals surface area contributed by atoms with E-state index < -0.39 is 15.4 Å². The monoisotopic (exact) mass is 409 g/mol. The first-order valence-corrected chi connectivity index (χ1v) is 9.09. The van der Waals surface area contributed by atoms with Crippen LogP contribution < -0.4 is 5.32 Å². The van der Waals surface area contributed by atoms with E-state index >= 15 is 0 Å². The zero-order valence-electron chi connectivity index (χ0n) is 10.2. The van der Waals surface area contributed by atoms with Crippen molar-refractivity contribution in [2.45, 2.75) is 18.9 Å². The Bertz CT molecular complexity index is 610. The Balaban J connectivity index is 2.18. The Morgan fingerprint density at radius 3 is 2.32 bits per heavy atom. The van der Waals surface area contributed by atoms with Crippen LogP contribution in [0.2, 0.25) is 0 Å². The highest BCUT2D eigenvalue weighted by Crippen LogP contribution is 2.25. The highest BCUT2D eigenvalue weighted by Gasteiger charge is 2.39. The van der Waals surface area contributed by atoms with E-state index in [1.54, 1.807) is 19.1 Å². The van der Waals surface area contributed by atoms with Gasteiger partial charge in [-0.15, -0.1) is 0 Å². The largest absolute Gasteiger partial charge is 0.346 e. The normalized spacial score (nSPS) is 25.2. The van der Waals surface area contributed by atoms with E-state index in [4.69, 9.17) is 0 Å². The van der Waals surface area contributed by atoms with Crippen LogP contribution >= 0.6 is 31.9 Å². The molecule has 1 saturated heterocycles. The van der Waals surface area contributed by atoms with E-state index in [9.17, 15) is 13.2 Å². The van der Waals surface area contributed by atoms with Gasteiger partial charge in [-0.1, -0.05) is 31.9 Å². The predicted molar refractivity (Wildman–Crippen MR) is 81.0 cm³/mol. The van der Waals surface area contributed by atoms with E-state index in [1.165, 1.54) is 0 Å². The summed E-state index contributed by atoms with van der Waals surface area (Å²) in [4.78, 5) is 12.2. The second kappa shape index (κ2) is 5.18. The summed E-state index contributed by atoms with van der Waals surface area (Å²) in [6, 6.07) is 5.23. The average Bonchev–Trinajstić information content (AvgIpc) is 2.51. The minimum Gasteiger partial charge on any atom is -0.346 e. The molecule has 1 aromatic rings. The first-order chi connectivity index (χ1) is 8.69. The lowest BCUT2D eigenvalue weighted by Gasteiger charge is -2.24. The Kier molecular flexibility index (Phi) is 4.09. The molecule has 19 heavy (non-hydrogen) atoms. The van der Waals surface area contributed by atoms with Crippen LogP contribution in [0.1, 0.15) is 23.7 Å². The number of rotatable bonds is 2. The van der Waals surface area contributed by atoms with Gasteiger partial charge in [-0.2, -0.15) is 0 Å². The highest BCUT2D eigenvalue weighted by molar-refractivity contribution is 9.11. The molecule has 1 unspecified atom stereocenters. The zero-order chi connectivity index (χ0) is 14.3. The summed E-state index contributed by atoms with van der Waals surface area (Å²) in [6.45, 7) is 1.77. The minimum absolute atomic E-state index is 0.000906. The molecule has 1 atom stereocenters. The first-order valence-electron chi connectivity index (χ1n) is 5.68. The van der Waals surface area contributed by atoms with Crippen molar-refractivity contribution in [3.05, 3.63) is 32.7 Å². The fourth-order valence-electron chi connectivity index (χ4n) is 2.14. The lowest BCUT2D eigenvalue weighted by atomic mass is 10.0. The maximum atomic E-state index is 12.2. The molecule has 1 amide bonds. The summed E-state index contributed by atoms with van der Waals surface area (Å²) in [5, 5.41) is 2.82. The number of hydrogen-bond donors (Lipinski definition) is 1. The van der Waals surface area contributed by atoms with Gasteiger partial charge in [-0.05, 0) is 31.5 Å². The summed E-state index contributed by atoms with van der Waals surface area (Å²) in [5.74, 6) is -0.131. The number of carbonyl (C=O) groups excluding carboxylic acids is 1. The van der Waals surface area contributed by atoms with Gasteiger partial charge in [0, 0.05) is 14.5 Å². The molecule has 0 aromatic heterocycles. The van der Waals surface area contributed by atoms with Gasteiger partial charge in [-0.25, -0.2) is 8.42 Å². The lowest BCUT2D eigenvalue weighted by molar-refractivity contribution is 0.0915. The fourth-order valence-corrected chi connectivity index (χ4v) is 5.53. The SMILES string of the molecule is CC1(NC(=O)c2cc(Br)cc(Br)c2)CCS(=O)(=O)C1. The number of hydrogen-bond acceptors (Lipinski definition) is 3. The molecule has 0 spiro atoms. The third-order valence-electron chi connectivity index (χ3n) is 3.04. The third-order valence-corrected chi connectivity index (χ3v) is 5.86. The average molecular weight is 411 g/mol. The van der Waals surface area contributed by atoms with Crippen LogP contribution in [0.5, 0.6) is 0 Å². The van der Waals surface area contributed by atoms with Crippen molar-refractivity contribution < 1.29 is 13.2 Å². The molecular formula is C12H13Br2NO3S. The molecule has 1 aromatic carbocycles. The van der Waals surface area contributed by atoms with Crippen molar-refractivity contribution >= 4 is 47.6 Å². The van der Waals surface area contributed by atoms with Crippen LogP contribution in [-0.4, -0.2) is 31.4 Å². The van der Waals surface area contributed by atoms with Crippen LogP contribution in [0.4, 0.5) is 0 Å². The maximum absolute atomic E-state index is 12.2. The number of nitrogens with one attached hydrogen (secondary N) is 1. The van der Waals surface area contributed by atoms with Gasteiger partial charge in [0.2, 0.25) is 0 Å². The number of sulfone groups is 1. The van der Waals surface area contributed by atoms with Crippen molar-refractivity contribution in [1.29, 1.82) is 0 Å². The standard InChI is InChI=1S/C12H13Br2NO3S/c1-12(2-3-19(17,18)7-12)15-11(16)8-4-9(13)6-10(14)5-8/h4-6H,2-3,7H2,1H3,(H,15,16). The number of amides is 1. The summed E-state index contributed by atoms with van der Waals surface area (Å²) in [6.07, 6.45) is 0.455. The van der Waals surface area contributed by atoms with Gasteiger partial charge in [0.05, 0.1) is 17.0 Å². The van der Waals surface area contributed by atoms with Crippen molar-refractivity contribution in [2.75, 3.05) is 11.5 Å². The Hall–Kier alpha value is -0.400. The molecule has 1 aliphatic heterocycles. The fraction of sp³-hybridized carbons (Fsp3) is 0.417. The molecule has 7 heteroatoms. The van der Waals surface area contributed by atoms with Crippen LogP contribution in [0.25, 0.3) is 0 Å². The minimum atomic E-state index is -3.03. The summed E-state index contributed by atoms with van der Waals surface area (Å²) in [7, 11) is -3.03. The molecular weight excluding hydrogens is 398 g/mol. The van der Waals surface area contributed by atoms with Crippen molar-refractivity contribution in [1.82, 2.24) is 5.32 Å². The molecule has 1 fully saturated rings. The van der Waals surface area contributed by atoms with Gasteiger partial charge in [0.25, 0.3) is 5.91 Å². The number of benzene rings is 1. The van der Waals surface area contributed by atoms with E-state index in [1.807, 2.05) is 6.07 Å². The molecule has 0 saturated carbocycles. The highest BCUT2D eigenvalue weighted by atomic mass is 79.9. The van der Waals surface area contributed by atoms with Crippen LogP contribution in [0.15, 0.2) is 27.1 Å². The Morgan fingerprint density at radius 1 is 1.26 bits per heavy atom. The molecule has 1 N–H and O–H groups in total. The van der Waals surface area contributed by atoms with Crippen LogP contribution in [0, 0.1) is 0 Å². The summed E-state index contributed by atoms with van der Waals surface area (Å²) in [5.41, 5.74) is -0.184. The van der Waals surface area contributed by atoms with E-state index in [2.05, 4.69) is 37.2 Å². The molecule has 0 aliphatic carbocycles. The summed E-state index contributed by atoms with van der Waals surface area (Å²) < 4.78 is 24.6.